The van der Waals surface area contributed by atoms with E-state index < -0.39 is 11.9 Å². The van der Waals surface area contributed by atoms with E-state index in [1.54, 1.807) is 32.0 Å². The molecule has 0 unspecified atom stereocenters. The number of halogens is 2. The third-order valence-corrected chi connectivity index (χ3v) is 6.29. The smallest absolute Gasteiger partial charge is 0.342 e. The summed E-state index contributed by atoms with van der Waals surface area (Å²) in [7, 11) is 0. The zero-order valence-electron chi connectivity index (χ0n) is 20.9. The summed E-state index contributed by atoms with van der Waals surface area (Å²) in [5.41, 5.74) is 2.52. The lowest BCUT2D eigenvalue weighted by Gasteiger charge is -2.32. The van der Waals surface area contributed by atoms with Crippen LogP contribution in [-0.2, 0) is 9.47 Å². The molecule has 1 saturated heterocycles. The fraction of sp³-hybridized carbons (Fsp3) is 0.360. The van der Waals surface area contributed by atoms with Crippen LogP contribution in [0.25, 0.3) is 22.2 Å². The van der Waals surface area contributed by atoms with Crippen molar-refractivity contribution in [1.82, 2.24) is 15.3 Å². The minimum absolute atomic E-state index is 0.197. The van der Waals surface area contributed by atoms with E-state index in [1.807, 2.05) is 0 Å². The number of carbonyl (C=O) groups excluding carboxylic acids is 2. The Kier molecular flexibility index (Phi) is 8.93. The van der Waals surface area contributed by atoms with Gasteiger partial charge in [0.1, 0.15) is 16.6 Å². The summed E-state index contributed by atoms with van der Waals surface area (Å²) in [5.74, 6) is -0.932. The summed E-state index contributed by atoms with van der Waals surface area (Å²) in [4.78, 5) is 33.3. The van der Waals surface area contributed by atoms with Crippen molar-refractivity contribution < 1.29 is 27.9 Å². The van der Waals surface area contributed by atoms with E-state index in [4.69, 9.17) is 53.7 Å². The number of aromatic nitrogens is 2. The van der Waals surface area contributed by atoms with Crippen LogP contribution in [0.1, 0.15) is 41.5 Å². The van der Waals surface area contributed by atoms with Crippen LogP contribution in [0.2, 0.25) is 10.0 Å². The van der Waals surface area contributed by atoms with E-state index in [0.717, 1.165) is 19.6 Å². The highest BCUT2D eigenvalue weighted by molar-refractivity contribution is 7.71. The highest BCUT2D eigenvalue weighted by Crippen LogP contribution is 2.30. The molecule has 0 bridgehead atoms. The van der Waals surface area contributed by atoms with Gasteiger partial charge >= 0.3 is 11.9 Å². The Labute approximate surface area is 233 Å². The van der Waals surface area contributed by atoms with Crippen molar-refractivity contribution in [1.29, 1.82) is 0 Å². The van der Waals surface area contributed by atoms with Gasteiger partial charge in [0.05, 0.1) is 18.7 Å². The molecule has 2 N–H and O–H groups in total. The number of aromatic amines is 1. The zero-order chi connectivity index (χ0) is 27.4. The maximum atomic E-state index is 12.1. The van der Waals surface area contributed by atoms with Crippen molar-refractivity contribution in [2.24, 2.45) is 0 Å². The summed E-state index contributed by atoms with van der Waals surface area (Å²) < 4.78 is 21.0. The first-order valence-electron chi connectivity index (χ1n) is 12.0. The molecule has 1 fully saturated rings. The molecule has 5 rings (SSSR count). The van der Waals surface area contributed by atoms with Crippen LogP contribution in [0.4, 0.5) is 6.01 Å². The largest absolute Gasteiger partial charge is 0.462 e. The summed E-state index contributed by atoms with van der Waals surface area (Å²) in [6.07, 6.45) is 0. The van der Waals surface area contributed by atoms with Gasteiger partial charge in [0.25, 0.3) is 10.9 Å². The van der Waals surface area contributed by atoms with E-state index in [2.05, 4.69) is 27.1 Å². The molecule has 0 radical (unpaired) electrons. The van der Waals surface area contributed by atoms with Gasteiger partial charge in [-0.3, -0.25) is 0 Å². The summed E-state index contributed by atoms with van der Waals surface area (Å²) in [5, 5.41) is 4.17. The van der Waals surface area contributed by atoms with Crippen LogP contribution in [0.5, 0.6) is 0 Å². The number of anilines is 1. The fourth-order valence-electron chi connectivity index (χ4n) is 3.98. The monoisotopic (exact) mass is 580 g/mol. The molecule has 1 atom stereocenters. The zero-order valence-corrected chi connectivity index (χ0v) is 23.3. The molecular weight excluding hydrogens is 555 g/mol. The van der Waals surface area contributed by atoms with Gasteiger partial charge in [-0.05, 0) is 57.3 Å². The molecule has 13 heteroatoms. The van der Waals surface area contributed by atoms with Gasteiger partial charge in [0.15, 0.2) is 11.2 Å². The molecule has 3 heterocycles. The molecule has 0 aliphatic carbocycles. The number of oxazole rings is 2. The number of benzene rings is 2. The first-order chi connectivity index (χ1) is 18.2. The molecule has 0 saturated carbocycles. The molecular formula is C25H26Cl2N4O6S. The van der Waals surface area contributed by atoms with E-state index >= 15 is 0 Å². The van der Waals surface area contributed by atoms with Crippen molar-refractivity contribution in [2.75, 3.05) is 37.7 Å². The van der Waals surface area contributed by atoms with E-state index in [9.17, 15) is 9.59 Å². The van der Waals surface area contributed by atoms with Crippen molar-refractivity contribution >= 4 is 75.6 Å². The van der Waals surface area contributed by atoms with Crippen molar-refractivity contribution in [2.45, 2.75) is 26.8 Å². The Morgan fingerprint density at radius 1 is 1.05 bits per heavy atom. The maximum absolute atomic E-state index is 12.1. The number of rotatable bonds is 5. The van der Waals surface area contributed by atoms with Crippen LogP contribution >= 0.6 is 35.4 Å². The van der Waals surface area contributed by atoms with Gasteiger partial charge in [-0.15, -0.1) is 0 Å². The summed E-state index contributed by atoms with van der Waals surface area (Å²) >= 11 is 16.8. The average Bonchev–Trinajstić information content (AvgIpc) is 3.46. The van der Waals surface area contributed by atoms with Crippen molar-refractivity contribution in [3.8, 4) is 0 Å². The molecule has 202 valence electrons. The first kappa shape index (κ1) is 27.9. The molecule has 4 aromatic rings. The number of ether oxygens (including phenoxy) is 2. The van der Waals surface area contributed by atoms with Gasteiger partial charge in [-0.25, -0.2) is 9.59 Å². The van der Waals surface area contributed by atoms with Crippen LogP contribution in [0.15, 0.2) is 33.1 Å². The topological polar surface area (TPSA) is 123 Å². The number of nitrogens with one attached hydrogen (secondary N) is 2. The van der Waals surface area contributed by atoms with Gasteiger partial charge in [-0.1, -0.05) is 23.2 Å². The second kappa shape index (κ2) is 12.2. The highest BCUT2D eigenvalue weighted by Gasteiger charge is 2.25. The number of hydrogen-bond acceptors (Lipinski definition) is 10. The minimum atomic E-state index is -0.479. The number of hydrogen-bond donors (Lipinski definition) is 2. The van der Waals surface area contributed by atoms with Crippen molar-refractivity contribution in [3.05, 3.63) is 50.3 Å². The average molecular weight is 581 g/mol. The Morgan fingerprint density at radius 2 is 1.68 bits per heavy atom. The Bertz CT molecular complexity index is 1530. The first-order valence-corrected chi connectivity index (χ1v) is 13.1. The van der Waals surface area contributed by atoms with E-state index in [0.29, 0.717) is 50.4 Å². The summed E-state index contributed by atoms with van der Waals surface area (Å²) in [6, 6.07) is 7.16. The lowest BCUT2D eigenvalue weighted by molar-refractivity contribution is 0.0517. The van der Waals surface area contributed by atoms with Crippen LogP contribution < -0.4 is 10.2 Å². The number of esters is 2. The molecule has 10 nitrogen and oxygen atoms in total. The normalized spacial score (nSPS) is 15.3. The summed E-state index contributed by atoms with van der Waals surface area (Å²) in [6.45, 7) is 8.70. The van der Waals surface area contributed by atoms with Gasteiger partial charge in [-0.2, -0.15) is 4.98 Å². The molecule has 2 aromatic heterocycles. The standard InChI is InChI=1S/C15H18ClN3O3.C10H8ClNO3S/c1-3-21-14(20)11-6-10(16)7-12-13(11)22-15(18-12)19-5-4-17-8-9(19)2;1-2-14-9(13)6-3-5(11)4-7-8(6)15-10(16)12-7/h6-7,9,17H,3-5,8H2,1-2H3;3-4H,2H2,1H3,(H,12,16)/t9-;/m0./s1. The molecule has 0 amide bonds. The number of nitrogens with zero attached hydrogens (tertiary/aromatic N) is 2. The predicted octanol–water partition coefficient (Wildman–Crippen LogP) is 5.78. The predicted molar refractivity (Wildman–Crippen MR) is 147 cm³/mol. The third kappa shape index (κ3) is 6.12. The molecule has 38 heavy (non-hydrogen) atoms. The van der Waals surface area contributed by atoms with Crippen LogP contribution in [0, 0.1) is 4.84 Å². The van der Waals surface area contributed by atoms with E-state index in [-0.39, 0.29) is 23.0 Å². The Morgan fingerprint density at radius 3 is 2.32 bits per heavy atom. The molecule has 1 aliphatic heterocycles. The second-order valence-electron chi connectivity index (χ2n) is 8.33. The minimum Gasteiger partial charge on any atom is -0.462 e. The van der Waals surface area contributed by atoms with Gasteiger partial charge < -0.3 is 33.5 Å². The third-order valence-electron chi connectivity index (χ3n) is 5.67. The maximum Gasteiger partial charge on any atom is 0.342 e. The Hall–Kier alpha value is -3.12. The fourth-order valence-corrected chi connectivity index (χ4v) is 4.60. The molecule has 2 aromatic carbocycles. The molecule has 0 spiro atoms. The van der Waals surface area contributed by atoms with Gasteiger partial charge in [0.2, 0.25) is 0 Å². The lowest BCUT2D eigenvalue weighted by Crippen LogP contribution is -2.50. The second-order valence-corrected chi connectivity index (χ2v) is 9.57. The van der Waals surface area contributed by atoms with Crippen LogP contribution in [0.3, 0.4) is 0 Å². The van der Waals surface area contributed by atoms with E-state index in [1.165, 1.54) is 6.07 Å². The van der Waals surface area contributed by atoms with Crippen LogP contribution in [-0.4, -0.2) is 60.8 Å². The molecule has 1 aliphatic rings. The highest BCUT2D eigenvalue weighted by atomic mass is 35.5. The Balaban J connectivity index is 0.000000186. The quantitative estimate of drug-likeness (QED) is 0.222. The number of carbonyl (C=O) groups is 2. The van der Waals surface area contributed by atoms with Gasteiger partial charge in [0, 0.05) is 35.7 Å². The van der Waals surface area contributed by atoms with Crippen molar-refractivity contribution in [3.63, 3.8) is 0 Å². The number of H-pyrrole nitrogens is 1. The number of piperazine rings is 1. The lowest BCUT2D eigenvalue weighted by atomic mass is 10.2. The SMILES string of the molecule is CCOC(=O)c1cc(Cl)cc2[nH]c(=S)oc12.CCOC(=O)c1cc(Cl)cc2nc(N3CCNC[C@@H]3C)oc12. The number of fused-ring (bicyclic) bond motifs is 2.